The Labute approximate surface area is 111 Å². The van der Waals surface area contributed by atoms with Crippen LogP contribution in [0.3, 0.4) is 0 Å². The zero-order chi connectivity index (χ0) is 13.4. The van der Waals surface area contributed by atoms with Crippen LogP contribution in [0.15, 0.2) is 24.3 Å². The van der Waals surface area contributed by atoms with E-state index < -0.39 is 0 Å². The Hall–Kier alpha value is -1.97. The Kier molecular flexibility index (Phi) is 2.93. The van der Waals surface area contributed by atoms with E-state index in [1.807, 2.05) is 0 Å². The molecule has 4 nitrogen and oxygen atoms in total. The van der Waals surface area contributed by atoms with Gasteiger partial charge in [-0.2, -0.15) is 0 Å². The third kappa shape index (κ3) is 2.43. The average Bonchev–Trinajstić information content (AvgIpc) is 3.15. The van der Waals surface area contributed by atoms with E-state index >= 15 is 0 Å². The fourth-order valence-electron chi connectivity index (χ4n) is 2.36. The van der Waals surface area contributed by atoms with Gasteiger partial charge in [0.2, 0.25) is 11.8 Å². The van der Waals surface area contributed by atoms with Gasteiger partial charge in [-0.25, -0.2) is 0 Å². The Balaban J connectivity index is 1.76. The summed E-state index contributed by atoms with van der Waals surface area (Å²) < 4.78 is 0. The minimum atomic E-state index is -0.165. The molecular formula is C15H15NO3. The highest BCUT2D eigenvalue weighted by molar-refractivity contribution is 6.19. The molecule has 1 saturated heterocycles. The number of benzene rings is 1. The monoisotopic (exact) mass is 257 g/mol. The van der Waals surface area contributed by atoms with Gasteiger partial charge in [-0.05, 0) is 43.0 Å². The van der Waals surface area contributed by atoms with Gasteiger partial charge >= 0.3 is 0 Å². The van der Waals surface area contributed by atoms with Gasteiger partial charge in [-0.3, -0.25) is 19.3 Å². The van der Waals surface area contributed by atoms with Crippen LogP contribution in [0.25, 0.3) is 0 Å². The minimum Gasteiger partial charge on any atom is -0.294 e. The van der Waals surface area contributed by atoms with Crippen molar-refractivity contribution >= 4 is 23.3 Å². The molecule has 0 bridgehead atoms. The van der Waals surface area contributed by atoms with Crippen LogP contribution in [0.5, 0.6) is 0 Å². The summed E-state index contributed by atoms with van der Waals surface area (Å²) in [6.07, 6.45) is 3.48. The number of Topliss-reactive ketones (excluding diaryl/α,β-unsaturated/α-hetero) is 1. The molecule has 3 rings (SSSR count). The maximum absolute atomic E-state index is 11.9. The molecule has 98 valence electrons. The Morgan fingerprint density at radius 2 is 1.63 bits per heavy atom. The summed E-state index contributed by atoms with van der Waals surface area (Å²) in [5, 5.41) is 0. The summed E-state index contributed by atoms with van der Waals surface area (Å²) in [5.41, 5.74) is 1.23. The van der Waals surface area contributed by atoms with Crippen LogP contribution in [0.1, 0.15) is 42.5 Å². The van der Waals surface area contributed by atoms with Crippen molar-refractivity contribution in [2.24, 2.45) is 5.92 Å². The van der Waals surface area contributed by atoms with E-state index in [1.165, 1.54) is 4.90 Å². The van der Waals surface area contributed by atoms with Crippen LogP contribution in [0, 0.1) is 5.92 Å². The second-order valence-electron chi connectivity index (χ2n) is 5.24. The van der Waals surface area contributed by atoms with Crippen LogP contribution in [-0.2, 0) is 9.59 Å². The lowest BCUT2D eigenvalue weighted by Gasteiger charge is -2.13. The van der Waals surface area contributed by atoms with Gasteiger partial charge in [0.25, 0.3) is 0 Å². The summed E-state index contributed by atoms with van der Waals surface area (Å²) in [4.78, 5) is 36.3. The molecule has 1 aliphatic heterocycles. The van der Waals surface area contributed by atoms with Crippen molar-refractivity contribution in [3.8, 4) is 0 Å². The van der Waals surface area contributed by atoms with Crippen molar-refractivity contribution < 1.29 is 14.4 Å². The maximum atomic E-state index is 11.9. The molecule has 1 heterocycles. The first-order valence-electron chi connectivity index (χ1n) is 6.64. The molecule has 0 atom stereocenters. The number of amides is 2. The zero-order valence-corrected chi connectivity index (χ0v) is 10.6. The van der Waals surface area contributed by atoms with Gasteiger partial charge < -0.3 is 0 Å². The van der Waals surface area contributed by atoms with Crippen molar-refractivity contribution in [3.63, 3.8) is 0 Å². The molecule has 19 heavy (non-hydrogen) atoms. The van der Waals surface area contributed by atoms with E-state index in [0.29, 0.717) is 23.6 Å². The first kappa shape index (κ1) is 12.1. The molecule has 2 aliphatic rings. The molecule has 1 aromatic carbocycles. The summed E-state index contributed by atoms with van der Waals surface area (Å²) in [6, 6.07) is 6.78. The standard InChI is InChI=1S/C15H15NO3/c17-13(9-10-1-2-10)11-3-5-12(6-4-11)16-14(18)7-8-15(16)19/h3-6,10H,1-2,7-9H2. The van der Waals surface area contributed by atoms with Crippen molar-refractivity contribution in [2.45, 2.75) is 32.1 Å². The zero-order valence-electron chi connectivity index (χ0n) is 10.6. The number of nitrogens with zero attached hydrogens (tertiary/aromatic N) is 1. The number of anilines is 1. The topological polar surface area (TPSA) is 54.5 Å². The minimum absolute atomic E-state index is 0.146. The summed E-state index contributed by atoms with van der Waals surface area (Å²) >= 11 is 0. The van der Waals surface area contributed by atoms with Crippen molar-refractivity contribution in [2.75, 3.05) is 4.90 Å². The van der Waals surface area contributed by atoms with Gasteiger partial charge in [0.05, 0.1) is 5.69 Å². The highest BCUT2D eigenvalue weighted by Crippen LogP contribution is 2.33. The Morgan fingerprint density at radius 3 is 2.16 bits per heavy atom. The third-order valence-corrected chi connectivity index (χ3v) is 3.67. The molecule has 4 heteroatoms. The van der Waals surface area contributed by atoms with E-state index in [0.717, 1.165) is 12.8 Å². The smallest absolute Gasteiger partial charge is 0.234 e. The molecule has 1 aliphatic carbocycles. The number of hydrogen-bond donors (Lipinski definition) is 0. The second-order valence-corrected chi connectivity index (χ2v) is 5.24. The highest BCUT2D eigenvalue weighted by Gasteiger charge is 2.30. The molecular weight excluding hydrogens is 242 g/mol. The normalized spacial score (nSPS) is 19.1. The predicted molar refractivity (Wildman–Crippen MR) is 69.8 cm³/mol. The quantitative estimate of drug-likeness (QED) is 0.614. The van der Waals surface area contributed by atoms with Gasteiger partial charge in [0.1, 0.15) is 0 Å². The molecule has 0 aromatic heterocycles. The van der Waals surface area contributed by atoms with Crippen LogP contribution >= 0.6 is 0 Å². The highest BCUT2D eigenvalue weighted by atomic mass is 16.2. The molecule has 0 spiro atoms. The largest absolute Gasteiger partial charge is 0.294 e. The molecule has 2 amide bonds. The Bertz CT molecular complexity index is 527. The van der Waals surface area contributed by atoms with Crippen molar-refractivity contribution in [1.82, 2.24) is 0 Å². The predicted octanol–water partition coefficient (Wildman–Crippen LogP) is 2.32. The van der Waals surface area contributed by atoms with E-state index in [9.17, 15) is 14.4 Å². The molecule has 0 unspecified atom stereocenters. The number of carbonyl (C=O) groups is 3. The number of hydrogen-bond acceptors (Lipinski definition) is 3. The molecule has 0 N–H and O–H groups in total. The van der Waals surface area contributed by atoms with Gasteiger partial charge in [-0.15, -0.1) is 0 Å². The number of carbonyl (C=O) groups excluding carboxylic acids is 3. The first-order chi connectivity index (χ1) is 9.15. The van der Waals surface area contributed by atoms with Gasteiger partial charge in [0.15, 0.2) is 5.78 Å². The number of rotatable bonds is 4. The fraction of sp³-hybridized carbons (Fsp3) is 0.400. The lowest BCUT2D eigenvalue weighted by molar-refractivity contribution is -0.121. The lowest BCUT2D eigenvalue weighted by Crippen LogP contribution is -2.28. The van der Waals surface area contributed by atoms with E-state index in [4.69, 9.17) is 0 Å². The average molecular weight is 257 g/mol. The summed E-state index contributed by atoms with van der Waals surface area (Å²) in [6.45, 7) is 0. The lowest BCUT2D eigenvalue weighted by atomic mass is 10.1. The van der Waals surface area contributed by atoms with Crippen molar-refractivity contribution in [1.29, 1.82) is 0 Å². The van der Waals surface area contributed by atoms with Crippen molar-refractivity contribution in [3.05, 3.63) is 29.8 Å². The number of ketones is 1. The molecule has 1 saturated carbocycles. The fourth-order valence-corrected chi connectivity index (χ4v) is 2.36. The second kappa shape index (κ2) is 4.61. The summed E-state index contributed by atoms with van der Waals surface area (Å²) in [7, 11) is 0. The first-order valence-corrected chi connectivity index (χ1v) is 6.64. The van der Waals surface area contributed by atoms with E-state index in [-0.39, 0.29) is 30.4 Å². The third-order valence-electron chi connectivity index (χ3n) is 3.67. The summed E-state index contributed by atoms with van der Waals surface area (Å²) in [5.74, 6) is 0.381. The Morgan fingerprint density at radius 1 is 1.05 bits per heavy atom. The van der Waals surface area contributed by atoms with Crippen LogP contribution in [0.4, 0.5) is 5.69 Å². The van der Waals surface area contributed by atoms with Crippen LogP contribution in [-0.4, -0.2) is 17.6 Å². The number of imide groups is 1. The van der Waals surface area contributed by atoms with Gasteiger partial charge in [-0.1, -0.05) is 0 Å². The van der Waals surface area contributed by atoms with E-state index in [2.05, 4.69) is 0 Å². The van der Waals surface area contributed by atoms with Crippen LogP contribution < -0.4 is 4.90 Å². The molecule has 1 aromatic rings. The maximum Gasteiger partial charge on any atom is 0.234 e. The molecule has 0 radical (unpaired) electrons. The van der Waals surface area contributed by atoms with Crippen LogP contribution in [0.2, 0.25) is 0 Å². The SMILES string of the molecule is O=C(CC1CC1)c1ccc(N2C(=O)CCC2=O)cc1. The van der Waals surface area contributed by atoms with Gasteiger partial charge in [0, 0.05) is 24.8 Å². The van der Waals surface area contributed by atoms with E-state index in [1.54, 1.807) is 24.3 Å². The molecule has 2 fully saturated rings.